The molecule has 0 amide bonds. The SMILES string of the molecule is CCCNc1nc(Nc2cc(OC)c(OC)c(OC)c2)cc(-c2ccccc2)n1. The molecule has 1 aromatic heterocycles. The molecule has 0 atom stereocenters. The molecule has 2 N–H and O–H groups in total. The van der Waals surface area contributed by atoms with Crippen molar-refractivity contribution in [2.75, 3.05) is 38.5 Å². The van der Waals surface area contributed by atoms with Crippen molar-refractivity contribution in [3.63, 3.8) is 0 Å². The Labute approximate surface area is 171 Å². The zero-order valence-corrected chi connectivity index (χ0v) is 17.2. The molecule has 7 heteroatoms. The fourth-order valence-electron chi connectivity index (χ4n) is 2.89. The molecule has 0 fully saturated rings. The number of aromatic nitrogens is 2. The van der Waals surface area contributed by atoms with Crippen molar-refractivity contribution < 1.29 is 14.2 Å². The molecule has 0 spiro atoms. The Balaban J connectivity index is 1.99. The average Bonchev–Trinajstić information content (AvgIpc) is 2.77. The molecule has 0 bridgehead atoms. The topological polar surface area (TPSA) is 77.5 Å². The van der Waals surface area contributed by atoms with E-state index in [0.29, 0.717) is 29.0 Å². The van der Waals surface area contributed by atoms with Gasteiger partial charge in [0.1, 0.15) is 5.82 Å². The van der Waals surface area contributed by atoms with Crippen LogP contribution in [0.1, 0.15) is 13.3 Å². The number of nitrogens with one attached hydrogen (secondary N) is 2. The lowest BCUT2D eigenvalue weighted by atomic mass is 10.1. The highest BCUT2D eigenvalue weighted by molar-refractivity contribution is 5.70. The smallest absolute Gasteiger partial charge is 0.225 e. The Morgan fingerprint density at radius 3 is 2.14 bits per heavy atom. The number of methoxy groups -OCH3 is 3. The first-order valence-electron chi connectivity index (χ1n) is 9.43. The number of rotatable bonds is 9. The molecule has 0 unspecified atom stereocenters. The summed E-state index contributed by atoms with van der Waals surface area (Å²) in [5.41, 5.74) is 2.61. The molecule has 3 aromatic rings. The Hall–Kier alpha value is -3.48. The quantitative estimate of drug-likeness (QED) is 0.543. The third-order valence-electron chi connectivity index (χ3n) is 4.27. The minimum absolute atomic E-state index is 0.540. The van der Waals surface area contributed by atoms with Crippen LogP contribution >= 0.6 is 0 Å². The number of nitrogens with zero attached hydrogens (tertiary/aromatic N) is 2. The summed E-state index contributed by atoms with van der Waals surface area (Å²) in [7, 11) is 4.76. The molecule has 0 aliphatic rings. The van der Waals surface area contributed by atoms with E-state index in [2.05, 4.69) is 27.5 Å². The van der Waals surface area contributed by atoms with E-state index < -0.39 is 0 Å². The van der Waals surface area contributed by atoms with Crippen LogP contribution in [0.15, 0.2) is 48.5 Å². The molecule has 3 rings (SSSR count). The van der Waals surface area contributed by atoms with Crippen LogP contribution < -0.4 is 24.8 Å². The molecule has 29 heavy (non-hydrogen) atoms. The summed E-state index contributed by atoms with van der Waals surface area (Å²) in [6, 6.07) is 15.6. The van der Waals surface area contributed by atoms with E-state index in [1.807, 2.05) is 48.5 Å². The third kappa shape index (κ3) is 4.87. The first-order valence-corrected chi connectivity index (χ1v) is 9.43. The van der Waals surface area contributed by atoms with Crippen molar-refractivity contribution in [1.82, 2.24) is 9.97 Å². The number of hydrogen-bond donors (Lipinski definition) is 2. The number of ether oxygens (including phenoxy) is 3. The highest BCUT2D eigenvalue weighted by atomic mass is 16.5. The molecule has 152 valence electrons. The lowest BCUT2D eigenvalue weighted by Gasteiger charge is -2.15. The first-order chi connectivity index (χ1) is 14.2. The fraction of sp³-hybridized carbons (Fsp3) is 0.273. The summed E-state index contributed by atoms with van der Waals surface area (Å²) < 4.78 is 16.3. The van der Waals surface area contributed by atoms with E-state index in [1.165, 1.54) is 0 Å². The van der Waals surface area contributed by atoms with Crippen LogP contribution in [0.3, 0.4) is 0 Å². The van der Waals surface area contributed by atoms with Gasteiger partial charge in [-0.25, -0.2) is 4.98 Å². The Morgan fingerprint density at radius 1 is 0.862 bits per heavy atom. The predicted octanol–water partition coefficient (Wildman–Crippen LogP) is 4.73. The van der Waals surface area contributed by atoms with Gasteiger partial charge >= 0.3 is 0 Å². The van der Waals surface area contributed by atoms with Crippen molar-refractivity contribution in [2.45, 2.75) is 13.3 Å². The van der Waals surface area contributed by atoms with Crippen LogP contribution in [0.2, 0.25) is 0 Å². The minimum Gasteiger partial charge on any atom is -0.493 e. The molecule has 0 aliphatic heterocycles. The Bertz CT molecular complexity index is 923. The van der Waals surface area contributed by atoms with Crippen molar-refractivity contribution in [1.29, 1.82) is 0 Å². The van der Waals surface area contributed by atoms with E-state index in [1.54, 1.807) is 21.3 Å². The summed E-state index contributed by atoms with van der Waals surface area (Å²) in [6.07, 6.45) is 0.981. The van der Waals surface area contributed by atoms with Gasteiger partial charge in [0.05, 0.1) is 27.0 Å². The van der Waals surface area contributed by atoms with Crippen molar-refractivity contribution >= 4 is 17.5 Å². The van der Waals surface area contributed by atoms with Gasteiger partial charge < -0.3 is 24.8 Å². The van der Waals surface area contributed by atoms with Gasteiger partial charge in [-0.3, -0.25) is 0 Å². The standard InChI is InChI=1S/C22H26N4O3/c1-5-11-23-22-25-17(15-9-7-6-8-10-15)14-20(26-22)24-16-12-18(27-2)21(29-4)19(13-16)28-3/h6-10,12-14H,5,11H2,1-4H3,(H2,23,24,25,26). The molecule has 2 aromatic carbocycles. The molecule has 1 heterocycles. The number of hydrogen-bond acceptors (Lipinski definition) is 7. The highest BCUT2D eigenvalue weighted by Crippen LogP contribution is 2.40. The maximum absolute atomic E-state index is 5.44. The van der Waals surface area contributed by atoms with Crippen LogP contribution in [0.4, 0.5) is 17.5 Å². The number of anilines is 3. The molecule has 0 aliphatic carbocycles. The minimum atomic E-state index is 0.540. The summed E-state index contributed by atoms with van der Waals surface area (Å²) in [5.74, 6) is 2.90. The van der Waals surface area contributed by atoms with Crippen LogP contribution in [0.5, 0.6) is 17.2 Å². The van der Waals surface area contributed by atoms with Crippen molar-refractivity contribution in [2.24, 2.45) is 0 Å². The third-order valence-corrected chi connectivity index (χ3v) is 4.27. The van der Waals surface area contributed by atoms with E-state index >= 15 is 0 Å². The van der Waals surface area contributed by atoms with Gasteiger partial charge in [-0.05, 0) is 6.42 Å². The van der Waals surface area contributed by atoms with Gasteiger partial charge in [-0.1, -0.05) is 37.3 Å². The van der Waals surface area contributed by atoms with Crippen LogP contribution in [0, 0.1) is 0 Å². The fourth-order valence-corrected chi connectivity index (χ4v) is 2.89. The summed E-state index contributed by atoms with van der Waals surface area (Å²) in [6.45, 7) is 2.89. The maximum atomic E-state index is 5.44. The van der Waals surface area contributed by atoms with Gasteiger partial charge in [-0.15, -0.1) is 0 Å². The summed E-state index contributed by atoms with van der Waals surface area (Å²) in [4.78, 5) is 9.25. The lowest BCUT2D eigenvalue weighted by molar-refractivity contribution is 0.324. The van der Waals surface area contributed by atoms with Gasteiger partial charge in [-0.2, -0.15) is 4.98 Å². The van der Waals surface area contributed by atoms with Crippen molar-refractivity contribution in [3.05, 3.63) is 48.5 Å². The molecule has 0 saturated carbocycles. The van der Waals surface area contributed by atoms with Crippen LogP contribution in [-0.4, -0.2) is 37.8 Å². The van der Waals surface area contributed by atoms with Gasteiger partial charge in [0.25, 0.3) is 0 Å². The van der Waals surface area contributed by atoms with Gasteiger partial charge in [0.15, 0.2) is 11.5 Å². The number of benzene rings is 2. The van der Waals surface area contributed by atoms with Gasteiger partial charge in [0, 0.05) is 36.0 Å². The molecule has 7 nitrogen and oxygen atoms in total. The second-order valence-electron chi connectivity index (χ2n) is 6.29. The first kappa shape index (κ1) is 20.3. The second kappa shape index (κ2) is 9.64. The Kier molecular flexibility index (Phi) is 6.73. The zero-order chi connectivity index (χ0) is 20.6. The predicted molar refractivity (Wildman–Crippen MR) is 116 cm³/mol. The summed E-state index contributed by atoms with van der Waals surface area (Å²) in [5, 5.41) is 6.59. The highest BCUT2D eigenvalue weighted by Gasteiger charge is 2.14. The molecular formula is C22H26N4O3. The Morgan fingerprint density at radius 2 is 1.55 bits per heavy atom. The van der Waals surface area contributed by atoms with E-state index in [4.69, 9.17) is 14.2 Å². The van der Waals surface area contributed by atoms with Gasteiger partial charge in [0.2, 0.25) is 11.7 Å². The largest absolute Gasteiger partial charge is 0.493 e. The molecule has 0 radical (unpaired) electrons. The normalized spacial score (nSPS) is 10.3. The lowest BCUT2D eigenvalue weighted by Crippen LogP contribution is -2.07. The molecular weight excluding hydrogens is 368 g/mol. The van der Waals surface area contributed by atoms with Crippen molar-refractivity contribution in [3.8, 4) is 28.5 Å². The average molecular weight is 394 g/mol. The maximum Gasteiger partial charge on any atom is 0.225 e. The van der Waals surface area contributed by atoms with E-state index in [0.717, 1.165) is 29.9 Å². The molecule has 0 saturated heterocycles. The monoisotopic (exact) mass is 394 g/mol. The van der Waals surface area contributed by atoms with E-state index in [9.17, 15) is 0 Å². The van der Waals surface area contributed by atoms with Crippen LogP contribution in [0.25, 0.3) is 11.3 Å². The zero-order valence-electron chi connectivity index (χ0n) is 17.2. The van der Waals surface area contributed by atoms with Crippen LogP contribution in [-0.2, 0) is 0 Å². The summed E-state index contributed by atoms with van der Waals surface area (Å²) >= 11 is 0. The van der Waals surface area contributed by atoms with E-state index in [-0.39, 0.29) is 0 Å². The second-order valence-corrected chi connectivity index (χ2v) is 6.29.